The van der Waals surface area contributed by atoms with Gasteiger partial charge in [0.15, 0.2) is 0 Å². The highest BCUT2D eigenvalue weighted by Crippen LogP contribution is 2.34. The zero-order chi connectivity index (χ0) is 10.8. The number of aromatic nitrogens is 1. The van der Waals surface area contributed by atoms with E-state index in [2.05, 4.69) is 4.98 Å². The van der Waals surface area contributed by atoms with Crippen molar-refractivity contribution in [1.82, 2.24) is 4.98 Å². The van der Waals surface area contributed by atoms with Crippen LogP contribution in [0.5, 0.6) is 5.75 Å². The molecule has 2 rings (SSSR count). The van der Waals surface area contributed by atoms with E-state index in [1.54, 1.807) is 11.8 Å². The van der Waals surface area contributed by atoms with E-state index < -0.39 is 0 Å². The molecule has 1 saturated carbocycles. The van der Waals surface area contributed by atoms with Gasteiger partial charge in [-0.25, -0.2) is 4.98 Å². The highest BCUT2D eigenvalue weighted by Gasteiger charge is 2.25. The van der Waals surface area contributed by atoms with E-state index in [4.69, 9.17) is 4.74 Å². The third-order valence-electron chi connectivity index (χ3n) is 2.33. The first-order valence-corrected chi connectivity index (χ1v) is 6.31. The van der Waals surface area contributed by atoms with Gasteiger partial charge in [-0.1, -0.05) is 0 Å². The van der Waals surface area contributed by atoms with Crippen LogP contribution in [0.1, 0.15) is 12.8 Å². The molecule has 0 aromatic carbocycles. The number of thioether (sulfide) groups is 1. The minimum Gasteiger partial charge on any atom is -0.488 e. The summed E-state index contributed by atoms with van der Waals surface area (Å²) in [6.07, 6.45) is 6.70. The van der Waals surface area contributed by atoms with Crippen molar-refractivity contribution in [3.63, 3.8) is 0 Å². The van der Waals surface area contributed by atoms with Crippen molar-refractivity contribution in [3.8, 4) is 5.75 Å². The average molecular weight is 224 g/mol. The van der Waals surface area contributed by atoms with Gasteiger partial charge in [0.2, 0.25) is 0 Å². The first kappa shape index (κ1) is 10.6. The van der Waals surface area contributed by atoms with E-state index in [1.165, 1.54) is 12.8 Å². The van der Waals surface area contributed by atoms with Crippen LogP contribution in [0.3, 0.4) is 0 Å². The standard InChI is InChI=1S/C11H16N2OS/c1-13(2)9-7-12-11(15-3)6-10(9)14-8-4-5-8/h6-8H,4-5H2,1-3H3. The van der Waals surface area contributed by atoms with Crippen molar-refractivity contribution in [3.05, 3.63) is 12.3 Å². The summed E-state index contributed by atoms with van der Waals surface area (Å²) in [4.78, 5) is 6.38. The molecule has 4 heteroatoms. The number of hydrogen-bond acceptors (Lipinski definition) is 4. The van der Waals surface area contributed by atoms with E-state index in [9.17, 15) is 0 Å². The Kier molecular flexibility index (Phi) is 3.05. The molecule has 0 N–H and O–H groups in total. The Labute approximate surface area is 94.8 Å². The summed E-state index contributed by atoms with van der Waals surface area (Å²) in [7, 11) is 4.02. The number of anilines is 1. The van der Waals surface area contributed by atoms with Crippen LogP contribution in [0.4, 0.5) is 5.69 Å². The van der Waals surface area contributed by atoms with Crippen LogP contribution < -0.4 is 9.64 Å². The van der Waals surface area contributed by atoms with Crippen LogP contribution in [-0.4, -0.2) is 31.4 Å². The lowest BCUT2D eigenvalue weighted by Crippen LogP contribution is -2.12. The first-order valence-electron chi connectivity index (χ1n) is 5.08. The van der Waals surface area contributed by atoms with E-state index in [0.29, 0.717) is 6.10 Å². The zero-order valence-corrected chi connectivity index (χ0v) is 10.2. The Morgan fingerprint density at radius 1 is 1.47 bits per heavy atom. The average Bonchev–Trinajstić information content (AvgIpc) is 3.01. The molecule has 3 nitrogen and oxygen atoms in total. The molecule has 0 saturated heterocycles. The van der Waals surface area contributed by atoms with Crippen LogP contribution in [0, 0.1) is 0 Å². The maximum Gasteiger partial charge on any atom is 0.147 e. The minimum absolute atomic E-state index is 0.431. The number of hydrogen-bond donors (Lipinski definition) is 0. The molecule has 1 aromatic heterocycles. The van der Waals surface area contributed by atoms with Crippen molar-refractivity contribution in [1.29, 1.82) is 0 Å². The normalized spacial score (nSPS) is 15.1. The highest BCUT2D eigenvalue weighted by molar-refractivity contribution is 7.98. The van der Waals surface area contributed by atoms with Crippen molar-refractivity contribution in [2.45, 2.75) is 24.0 Å². The van der Waals surface area contributed by atoms with Gasteiger partial charge in [-0.15, -0.1) is 11.8 Å². The quantitative estimate of drug-likeness (QED) is 0.733. The molecule has 0 unspecified atom stereocenters. The molecule has 0 amide bonds. The van der Waals surface area contributed by atoms with Crippen LogP contribution in [0.15, 0.2) is 17.3 Å². The topological polar surface area (TPSA) is 25.4 Å². The Morgan fingerprint density at radius 2 is 2.20 bits per heavy atom. The maximum atomic E-state index is 5.87. The molecule has 1 fully saturated rings. The third-order valence-corrected chi connectivity index (χ3v) is 2.97. The highest BCUT2D eigenvalue weighted by atomic mass is 32.2. The van der Waals surface area contributed by atoms with E-state index in [-0.39, 0.29) is 0 Å². The van der Waals surface area contributed by atoms with E-state index in [0.717, 1.165) is 16.5 Å². The molecule has 82 valence electrons. The Morgan fingerprint density at radius 3 is 2.73 bits per heavy atom. The molecule has 1 heterocycles. The molecule has 0 aliphatic heterocycles. The van der Waals surface area contributed by atoms with Gasteiger partial charge in [0.1, 0.15) is 5.75 Å². The van der Waals surface area contributed by atoms with E-state index >= 15 is 0 Å². The summed E-state index contributed by atoms with van der Waals surface area (Å²) in [5.41, 5.74) is 1.06. The van der Waals surface area contributed by atoms with Crippen molar-refractivity contribution in [2.75, 3.05) is 25.3 Å². The summed E-state index contributed by atoms with van der Waals surface area (Å²) < 4.78 is 5.87. The molecular formula is C11H16N2OS. The summed E-state index contributed by atoms with van der Waals surface area (Å²) >= 11 is 1.64. The van der Waals surface area contributed by atoms with Gasteiger partial charge in [0.25, 0.3) is 0 Å². The van der Waals surface area contributed by atoms with Gasteiger partial charge in [0, 0.05) is 20.2 Å². The fraction of sp³-hybridized carbons (Fsp3) is 0.545. The molecule has 1 aliphatic carbocycles. The van der Waals surface area contributed by atoms with Gasteiger partial charge in [-0.05, 0) is 19.1 Å². The lowest BCUT2D eigenvalue weighted by atomic mass is 10.3. The number of pyridine rings is 1. The second-order valence-corrected chi connectivity index (χ2v) is 4.73. The fourth-order valence-corrected chi connectivity index (χ4v) is 1.70. The monoisotopic (exact) mass is 224 g/mol. The summed E-state index contributed by atoms with van der Waals surface area (Å²) in [6, 6.07) is 2.03. The summed E-state index contributed by atoms with van der Waals surface area (Å²) in [5, 5.41) is 1.01. The Hall–Kier alpha value is -0.900. The third kappa shape index (κ3) is 2.56. The molecule has 0 atom stereocenters. The van der Waals surface area contributed by atoms with Gasteiger partial charge in [-0.2, -0.15) is 0 Å². The smallest absolute Gasteiger partial charge is 0.147 e. The van der Waals surface area contributed by atoms with Gasteiger partial charge < -0.3 is 9.64 Å². The Bertz CT molecular complexity index is 350. The van der Waals surface area contributed by atoms with Crippen LogP contribution in [0.2, 0.25) is 0 Å². The molecule has 0 radical (unpaired) electrons. The molecule has 1 aromatic rings. The lowest BCUT2D eigenvalue weighted by molar-refractivity contribution is 0.302. The molecular weight excluding hydrogens is 208 g/mol. The summed E-state index contributed by atoms with van der Waals surface area (Å²) in [5.74, 6) is 0.960. The second kappa shape index (κ2) is 4.31. The number of rotatable bonds is 4. The van der Waals surface area contributed by atoms with Gasteiger partial charge in [0.05, 0.1) is 23.0 Å². The zero-order valence-electron chi connectivity index (χ0n) is 9.36. The Balaban J connectivity index is 2.26. The van der Waals surface area contributed by atoms with Gasteiger partial charge in [-0.3, -0.25) is 0 Å². The van der Waals surface area contributed by atoms with Crippen LogP contribution in [0.25, 0.3) is 0 Å². The van der Waals surface area contributed by atoms with Crippen molar-refractivity contribution in [2.24, 2.45) is 0 Å². The number of nitrogens with zero attached hydrogens (tertiary/aromatic N) is 2. The van der Waals surface area contributed by atoms with Gasteiger partial charge >= 0.3 is 0 Å². The number of ether oxygens (including phenoxy) is 1. The molecule has 15 heavy (non-hydrogen) atoms. The minimum atomic E-state index is 0.431. The van der Waals surface area contributed by atoms with Crippen molar-refractivity contribution >= 4 is 17.4 Å². The summed E-state index contributed by atoms with van der Waals surface area (Å²) in [6.45, 7) is 0. The second-order valence-electron chi connectivity index (χ2n) is 3.91. The lowest BCUT2D eigenvalue weighted by Gasteiger charge is -2.17. The molecule has 1 aliphatic rings. The van der Waals surface area contributed by atoms with E-state index in [1.807, 2.05) is 37.5 Å². The molecule has 0 bridgehead atoms. The maximum absolute atomic E-state index is 5.87. The largest absolute Gasteiger partial charge is 0.488 e. The van der Waals surface area contributed by atoms with Crippen molar-refractivity contribution < 1.29 is 4.74 Å². The first-order chi connectivity index (χ1) is 7.20. The van der Waals surface area contributed by atoms with Crippen LogP contribution >= 0.6 is 11.8 Å². The SMILES string of the molecule is CSc1cc(OC2CC2)c(N(C)C)cn1. The predicted octanol–water partition coefficient (Wildman–Crippen LogP) is 2.41. The predicted molar refractivity (Wildman–Crippen MR) is 64.0 cm³/mol. The fourth-order valence-electron chi connectivity index (χ4n) is 1.32. The van der Waals surface area contributed by atoms with Crippen LogP contribution in [-0.2, 0) is 0 Å². The molecule has 0 spiro atoms.